The second kappa shape index (κ2) is 6.96. The summed E-state index contributed by atoms with van der Waals surface area (Å²) in [6.07, 6.45) is 0. The Morgan fingerprint density at radius 2 is 1.55 bits per heavy atom. The molecular formula is C15H14F2N2S. The summed E-state index contributed by atoms with van der Waals surface area (Å²) < 4.78 is 26.1. The number of benzene rings is 2. The minimum absolute atomic E-state index is 0.263. The Labute approximate surface area is 121 Å². The number of rotatable bonds is 4. The van der Waals surface area contributed by atoms with Gasteiger partial charge in [-0.25, -0.2) is 8.78 Å². The molecule has 2 N–H and O–H groups in total. The predicted octanol–water partition coefficient (Wildman–Crippen LogP) is 3.13. The molecule has 0 aliphatic heterocycles. The first-order chi connectivity index (χ1) is 9.65. The Morgan fingerprint density at radius 3 is 2.25 bits per heavy atom. The summed E-state index contributed by atoms with van der Waals surface area (Å²) in [5, 5.41) is 6.34. The molecule has 0 unspecified atom stereocenters. The van der Waals surface area contributed by atoms with Crippen molar-refractivity contribution in [2.45, 2.75) is 13.1 Å². The molecule has 104 valence electrons. The molecule has 0 saturated carbocycles. The van der Waals surface area contributed by atoms with Crippen LogP contribution in [0.3, 0.4) is 0 Å². The topological polar surface area (TPSA) is 24.1 Å². The molecule has 0 aliphatic carbocycles. The number of hydrogen-bond acceptors (Lipinski definition) is 1. The van der Waals surface area contributed by atoms with Crippen LogP contribution in [0.25, 0.3) is 0 Å². The molecule has 2 aromatic rings. The van der Waals surface area contributed by atoms with Gasteiger partial charge in [0.15, 0.2) is 5.11 Å². The quantitative estimate of drug-likeness (QED) is 0.847. The second-order valence-electron chi connectivity index (χ2n) is 4.25. The number of hydrogen-bond donors (Lipinski definition) is 2. The molecule has 2 rings (SSSR count). The zero-order valence-electron chi connectivity index (χ0n) is 10.7. The molecule has 0 spiro atoms. The van der Waals surface area contributed by atoms with Gasteiger partial charge in [-0.1, -0.05) is 30.3 Å². The van der Waals surface area contributed by atoms with Crippen molar-refractivity contribution in [2.24, 2.45) is 0 Å². The van der Waals surface area contributed by atoms with Gasteiger partial charge in [-0.3, -0.25) is 0 Å². The van der Waals surface area contributed by atoms with Crippen LogP contribution in [0.1, 0.15) is 11.1 Å². The molecule has 2 nitrogen and oxygen atoms in total. The van der Waals surface area contributed by atoms with Crippen LogP contribution in [0.15, 0.2) is 48.5 Å². The molecule has 0 radical (unpaired) electrons. The highest BCUT2D eigenvalue weighted by Gasteiger charge is 2.01. The summed E-state index contributed by atoms with van der Waals surface area (Å²) in [4.78, 5) is 0. The molecule has 20 heavy (non-hydrogen) atoms. The normalized spacial score (nSPS) is 10.1. The van der Waals surface area contributed by atoms with Crippen LogP contribution in [0.4, 0.5) is 8.78 Å². The zero-order valence-corrected chi connectivity index (χ0v) is 11.5. The molecule has 0 amide bonds. The summed E-state index contributed by atoms with van der Waals surface area (Å²) in [6, 6.07) is 12.7. The lowest BCUT2D eigenvalue weighted by atomic mass is 10.2. The van der Waals surface area contributed by atoms with E-state index in [1.807, 2.05) is 0 Å². The molecule has 0 aliphatic rings. The Bertz CT molecular complexity index is 585. The fourth-order valence-corrected chi connectivity index (χ4v) is 1.81. The molecule has 5 heteroatoms. The number of nitrogens with one attached hydrogen (secondary N) is 2. The largest absolute Gasteiger partial charge is 0.359 e. The summed E-state index contributed by atoms with van der Waals surface area (Å²) in [5.74, 6) is -0.532. The van der Waals surface area contributed by atoms with E-state index in [2.05, 4.69) is 10.6 Å². The van der Waals surface area contributed by atoms with E-state index in [0.717, 1.165) is 5.56 Å². The van der Waals surface area contributed by atoms with Crippen LogP contribution < -0.4 is 10.6 Å². The van der Waals surface area contributed by atoms with Gasteiger partial charge < -0.3 is 10.6 Å². The van der Waals surface area contributed by atoms with Gasteiger partial charge in [0.25, 0.3) is 0 Å². The van der Waals surface area contributed by atoms with Crippen LogP contribution in [0.5, 0.6) is 0 Å². The van der Waals surface area contributed by atoms with Gasteiger partial charge in [-0.05, 0) is 36.0 Å². The van der Waals surface area contributed by atoms with Gasteiger partial charge in [-0.2, -0.15) is 0 Å². The summed E-state index contributed by atoms with van der Waals surface area (Å²) >= 11 is 5.10. The summed E-state index contributed by atoms with van der Waals surface area (Å²) in [7, 11) is 0. The smallest absolute Gasteiger partial charge is 0.166 e. The minimum Gasteiger partial charge on any atom is -0.359 e. The standard InChI is InChI=1S/C15H14F2N2S/c16-13-7-5-11(6-8-13)9-18-15(20)19-10-12-3-1-2-4-14(12)17/h1-8H,9-10H2,(H2,18,19,20). The highest BCUT2D eigenvalue weighted by atomic mass is 32.1. The predicted molar refractivity (Wildman–Crippen MR) is 79.1 cm³/mol. The van der Waals surface area contributed by atoms with Crippen molar-refractivity contribution < 1.29 is 8.78 Å². The average molecular weight is 292 g/mol. The van der Waals surface area contributed by atoms with E-state index in [1.54, 1.807) is 30.3 Å². The van der Waals surface area contributed by atoms with E-state index in [0.29, 0.717) is 23.8 Å². The molecule has 2 aromatic carbocycles. The van der Waals surface area contributed by atoms with Crippen LogP contribution in [0.2, 0.25) is 0 Å². The van der Waals surface area contributed by atoms with Crippen molar-refractivity contribution in [1.29, 1.82) is 0 Å². The van der Waals surface area contributed by atoms with Crippen LogP contribution >= 0.6 is 12.2 Å². The van der Waals surface area contributed by atoms with Gasteiger partial charge >= 0.3 is 0 Å². The maximum absolute atomic E-state index is 13.4. The first-order valence-electron chi connectivity index (χ1n) is 6.15. The zero-order chi connectivity index (χ0) is 14.4. The maximum Gasteiger partial charge on any atom is 0.166 e. The van der Waals surface area contributed by atoms with E-state index in [9.17, 15) is 8.78 Å². The highest BCUT2D eigenvalue weighted by molar-refractivity contribution is 7.80. The lowest BCUT2D eigenvalue weighted by Crippen LogP contribution is -2.34. The summed E-state index contributed by atoms with van der Waals surface area (Å²) in [6.45, 7) is 0.811. The molecule has 0 atom stereocenters. The van der Waals surface area contributed by atoms with Crippen molar-refractivity contribution in [3.63, 3.8) is 0 Å². The van der Waals surface area contributed by atoms with Crippen molar-refractivity contribution >= 4 is 17.3 Å². The Kier molecular flexibility index (Phi) is 5.01. The summed E-state index contributed by atoms with van der Waals surface area (Å²) in [5.41, 5.74) is 1.47. The van der Waals surface area contributed by atoms with E-state index >= 15 is 0 Å². The van der Waals surface area contributed by atoms with E-state index in [-0.39, 0.29) is 11.6 Å². The Hall–Kier alpha value is -2.01. The SMILES string of the molecule is Fc1ccc(CNC(=S)NCc2ccccc2F)cc1. The minimum atomic E-state index is -0.269. The van der Waals surface area contributed by atoms with Crippen LogP contribution in [-0.4, -0.2) is 5.11 Å². The maximum atomic E-state index is 13.4. The molecule has 0 bridgehead atoms. The highest BCUT2D eigenvalue weighted by Crippen LogP contribution is 2.05. The van der Waals surface area contributed by atoms with E-state index < -0.39 is 0 Å². The van der Waals surface area contributed by atoms with Crippen LogP contribution in [-0.2, 0) is 13.1 Å². The molecule has 0 heterocycles. The van der Waals surface area contributed by atoms with Gasteiger partial charge in [0, 0.05) is 18.7 Å². The third-order valence-corrected chi connectivity index (χ3v) is 3.05. The second-order valence-corrected chi connectivity index (χ2v) is 4.66. The van der Waals surface area contributed by atoms with Gasteiger partial charge in [0.2, 0.25) is 0 Å². The van der Waals surface area contributed by atoms with Gasteiger partial charge in [-0.15, -0.1) is 0 Å². The molecule has 0 aromatic heterocycles. The third-order valence-electron chi connectivity index (χ3n) is 2.76. The molecule has 0 fully saturated rings. The van der Waals surface area contributed by atoms with Gasteiger partial charge in [0.1, 0.15) is 11.6 Å². The number of halogens is 2. The van der Waals surface area contributed by atoms with Crippen molar-refractivity contribution in [3.05, 3.63) is 71.3 Å². The lowest BCUT2D eigenvalue weighted by Gasteiger charge is -2.11. The average Bonchev–Trinajstić information content (AvgIpc) is 2.46. The lowest BCUT2D eigenvalue weighted by molar-refractivity contribution is 0.605. The first kappa shape index (κ1) is 14.4. The molecular weight excluding hydrogens is 278 g/mol. The Balaban J connectivity index is 1.78. The van der Waals surface area contributed by atoms with E-state index in [4.69, 9.17) is 12.2 Å². The fraction of sp³-hybridized carbons (Fsp3) is 0.133. The molecule has 0 saturated heterocycles. The van der Waals surface area contributed by atoms with Crippen LogP contribution in [0, 0.1) is 11.6 Å². The van der Waals surface area contributed by atoms with Crippen molar-refractivity contribution in [2.75, 3.05) is 0 Å². The van der Waals surface area contributed by atoms with Crippen molar-refractivity contribution in [3.8, 4) is 0 Å². The first-order valence-corrected chi connectivity index (χ1v) is 6.55. The van der Waals surface area contributed by atoms with Gasteiger partial charge in [0.05, 0.1) is 0 Å². The van der Waals surface area contributed by atoms with E-state index in [1.165, 1.54) is 18.2 Å². The fourth-order valence-electron chi connectivity index (χ4n) is 1.66. The Morgan fingerprint density at radius 1 is 0.900 bits per heavy atom. The third kappa shape index (κ3) is 4.28. The monoisotopic (exact) mass is 292 g/mol. The number of thiocarbonyl (C=S) groups is 1. The van der Waals surface area contributed by atoms with Crippen molar-refractivity contribution in [1.82, 2.24) is 10.6 Å².